The molecule has 0 amide bonds. The van der Waals surface area contributed by atoms with Gasteiger partial charge in [0, 0.05) is 6.42 Å². The highest BCUT2D eigenvalue weighted by Crippen LogP contribution is 2.37. The molecule has 0 heterocycles. The van der Waals surface area contributed by atoms with Gasteiger partial charge >= 0.3 is 0 Å². The van der Waals surface area contributed by atoms with E-state index < -0.39 is 0 Å². The third kappa shape index (κ3) is 2.58. The smallest absolute Gasteiger partial charge is 0.172 e. The molecule has 0 fully saturated rings. The van der Waals surface area contributed by atoms with Crippen LogP contribution in [0.3, 0.4) is 0 Å². The lowest BCUT2D eigenvalue weighted by Crippen LogP contribution is -2.12. The molecule has 0 aromatic heterocycles. The zero-order valence-electron chi connectivity index (χ0n) is 10.8. The molecule has 4 nitrogen and oxygen atoms in total. The van der Waals surface area contributed by atoms with Crippen molar-refractivity contribution in [3.63, 3.8) is 0 Å². The van der Waals surface area contributed by atoms with Crippen LogP contribution in [0.1, 0.15) is 27.9 Å². The largest absolute Gasteiger partial charge is 0.493 e. The quantitative estimate of drug-likeness (QED) is 0.794. The minimum atomic E-state index is -0.0137. The van der Waals surface area contributed by atoms with Gasteiger partial charge in [0.05, 0.1) is 19.8 Å². The van der Waals surface area contributed by atoms with E-state index in [0.717, 1.165) is 11.1 Å². The van der Waals surface area contributed by atoms with E-state index in [1.807, 2.05) is 19.9 Å². The summed E-state index contributed by atoms with van der Waals surface area (Å²) in [7, 11) is 3.10. The minimum Gasteiger partial charge on any atom is -0.493 e. The lowest BCUT2D eigenvalue weighted by Gasteiger charge is -2.16. The lowest BCUT2D eigenvalue weighted by atomic mass is 9.98. The molecule has 17 heavy (non-hydrogen) atoms. The Morgan fingerprint density at radius 3 is 2.24 bits per heavy atom. The Morgan fingerprint density at radius 1 is 1.18 bits per heavy atom. The number of ether oxygens (including phenoxy) is 2. The fourth-order valence-electron chi connectivity index (χ4n) is 1.99. The van der Waals surface area contributed by atoms with Gasteiger partial charge in [-0.05, 0) is 31.5 Å². The van der Waals surface area contributed by atoms with E-state index in [4.69, 9.17) is 15.2 Å². The van der Waals surface area contributed by atoms with Crippen LogP contribution in [0.25, 0.3) is 0 Å². The maximum Gasteiger partial charge on any atom is 0.172 e. The highest BCUT2D eigenvalue weighted by molar-refractivity contribution is 6.01. The molecule has 0 atom stereocenters. The van der Waals surface area contributed by atoms with E-state index in [9.17, 15) is 4.79 Å². The Balaban J connectivity index is 3.41. The number of methoxy groups -OCH3 is 2. The van der Waals surface area contributed by atoms with Crippen LogP contribution in [-0.4, -0.2) is 26.5 Å². The molecule has 2 N–H and O–H groups in total. The molecule has 94 valence electrons. The summed E-state index contributed by atoms with van der Waals surface area (Å²) < 4.78 is 10.6. The predicted octanol–water partition coefficient (Wildman–Crippen LogP) is 1.85. The first kappa shape index (κ1) is 13.5. The van der Waals surface area contributed by atoms with Gasteiger partial charge in [-0.2, -0.15) is 0 Å². The van der Waals surface area contributed by atoms with Crippen LogP contribution in [0.5, 0.6) is 11.5 Å². The van der Waals surface area contributed by atoms with Crippen molar-refractivity contribution in [1.29, 1.82) is 0 Å². The van der Waals surface area contributed by atoms with Crippen LogP contribution in [0.2, 0.25) is 0 Å². The molecule has 1 aromatic carbocycles. The summed E-state index contributed by atoms with van der Waals surface area (Å²) in [4.78, 5) is 12.0. The zero-order valence-corrected chi connectivity index (χ0v) is 10.8. The molecule has 0 saturated carbocycles. The number of Topliss-reactive ketones (excluding diaryl/α,β-unsaturated/α-hetero) is 1. The van der Waals surface area contributed by atoms with Crippen molar-refractivity contribution < 1.29 is 14.3 Å². The number of nitrogens with two attached hydrogens (primary N) is 1. The van der Waals surface area contributed by atoms with Crippen LogP contribution in [0, 0.1) is 13.8 Å². The molecule has 4 heteroatoms. The van der Waals surface area contributed by atoms with Crippen LogP contribution in [0.4, 0.5) is 0 Å². The Labute approximate surface area is 102 Å². The number of carbonyl (C=O) groups excluding carboxylic acids is 1. The van der Waals surface area contributed by atoms with Gasteiger partial charge in [-0.25, -0.2) is 0 Å². The topological polar surface area (TPSA) is 61.5 Å². The number of ketones is 1. The van der Waals surface area contributed by atoms with E-state index >= 15 is 0 Å². The molecule has 0 radical (unpaired) electrons. The van der Waals surface area contributed by atoms with Gasteiger partial charge in [-0.1, -0.05) is 6.07 Å². The van der Waals surface area contributed by atoms with Crippen LogP contribution in [-0.2, 0) is 0 Å². The second-order valence-electron chi connectivity index (χ2n) is 3.91. The molecule has 0 unspecified atom stereocenters. The van der Waals surface area contributed by atoms with E-state index in [2.05, 4.69) is 0 Å². The average Bonchev–Trinajstić information content (AvgIpc) is 2.28. The van der Waals surface area contributed by atoms with Crippen molar-refractivity contribution in [3.8, 4) is 11.5 Å². The molecule has 0 bridgehead atoms. The number of aryl methyl sites for hydroxylation is 2. The van der Waals surface area contributed by atoms with Gasteiger partial charge in [0.1, 0.15) is 0 Å². The summed E-state index contributed by atoms with van der Waals surface area (Å²) in [5.41, 5.74) is 7.82. The standard InChI is InChI=1S/C13H19NO3/c1-8-7-9(2)12(16-3)13(17-4)11(8)10(15)5-6-14/h7H,5-6,14H2,1-4H3. The Bertz CT molecular complexity index is 427. The van der Waals surface area contributed by atoms with Crippen molar-refractivity contribution in [2.75, 3.05) is 20.8 Å². The highest BCUT2D eigenvalue weighted by Gasteiger charge is 2.20. The summed E-state index contributed by atoms with van der Waals surface area (Å²) in [5.74, 6) is 1.10. The summed E-state index contributed by atoms with van der Waals surface area (Å²) in [6, 6.07) is 1.92. The highest BCUT2D eigenvalue weighted by atomic mass is 16.5. The molecule has 0 aliphatic rings. The number of hydrogen-bond acceptors (Lipinski definition) is 4. The lowest BCUT2D eigenvalue weighted by molar-refractivity contribution is 0.0981. The minimum absolute atomic E-state index is 0.0137. The van der Waals surface area contributed by atoms with E-state index in [0.29, 0.717) is 30.0 Å². The fraction of sp³-hybridized carbons (Fsp3) is 0.462. The molecule has 1 aromatic rings. The monoisotopic (exact) mass is 237 g/mol. The normalized spacial score (nSPS) is 10.2. The molecule has 0 saturated heterocycles. The van der Waals surface area contributed by atoms with Gasteiger partial charge in [0.25, 0.3) is 0 Å². The van der Waals surface area contributed by atoms with Crippen molar-refractivity contribution in [1.82, 2.24) is 0 Å². The summed E-state index contributed by atoms with van der Waals surface area (Å²) in [6.45, 7) is 4.14. The molecule has 0 aliphatic carbocycles. The third-order valence-electron chi connectivity index (χ3n) is 2.68. The zero-order chi connectivity index (χ0) is 13.0. The van der Waals surface area contributed by atoms with Crippen molar-refractivity contribution >= 4 is 5.78 Å². The number of carbonyl (C=O) groups is 1. The molecule has 0 spiro atoms. The first-order valence-electron chi connectivity index (χ1n) is 5.52. The maximum atomic E-state index is 12.0. The molecular weight excluding hydrogens is 218 g/mol. The average molecular weight is 237 g/mol. The molecular formula is C13H19NO3. The summed E-state index contributed by atoms with van der Waals surface area (Å²) in [5, 5.41) is 0. The van der Waals surface area contributed by atoms with Gasteiger partial charge in [-0.3, -0.25) is 4.79 Å². The van der Waals surface area contributed by atoms with Crippen LogP contribution in [0.15, 0.2) is 6.07 Å². The summed E-state index contributed by atoms with van der Waals surface area (Å²) in [6.07, 6.45) is 0.309. The first-order chi connectivity index (χ1) is 8.06. The second-order valence-corrected chi connectivity index (χ2v) is 3.91. The maximum absolute atomic E-state index is 12.0. The van der Waals surface area contributed by atoms with E-state index in [1.165, 1.54) is 7.11 Å². The van der Waals surface area contributed by atoms with Crippen molar-refractivity contribution in [3.05, 3.63) is 22.8 Å². The molecule has 0 aliphatic heterocycles. The van der Waals surface area contributed by atoms with Gasteiger partial charge in [0.15, 0.2) is 17.3 Å². The number of hydrogen-bond donors (Lipinski definition) is 1. The number of rotatable bonds is 5. The molecule has 1 rings (SSSR count). The van der Waals surface area contributed by atoms with E-state index in [-0.39, 0.29) is 5.78 Å². The Kier molecular flexibility index (Phi) is 4.52. The predicted molar refractivity (Wildman–Crippen MR) is 67.0 cm³/mol. The van der Waals surface area contributed by atoms with Crippen LogP contribution < -0.4 is 15.2 Å². The van der Waals surface area contributed by atoms with E-state index in [1.54, 1.807) is 7.11 Å². The van der Waals surface area contributed by atoms with Crippen molar-refractivity contribution in [2.45, 2.75) is 20.3 Å². The second kappa shape index (κ2) is 5.68. The third-order valence-corrected chi connectivity index (χ3v) is 2.68. The van der Waals surface area contributed by atoms with Gasteiger partial charge < -0.3 is 15.2 Å². The Hall–Kier alpha value is -1.55. The number of benzene rings is 1. The first-order valence-corrected chi connectivity index (χ1v) is 5.52. The fourth-order valence-corrected chi connectivity index (χ4v) is 1.99. The SMILES string of the molecule is COc1c(C)cc(C)c(C(=O)CCN)c1OC. The van der Waals surface area contributed by atoms with Gasteiger partial charge in [-0.15, -0.1) is 0 Å². The summed E-state index contributed by atoms with van der Waals surface area (Å²) >= 11 is 0. The van der Waals surface area contributed by atoms with Crippen molar-refractivity contribution in [2.24, 2.45) is 5.73 Å². The van der Waals surface area contributed by atoms with Crippen LogP contribution >= 0.6 is 0 Å². The van der Waals surface area contributed by atoms with Gasteiger partial charge in [0.2, 0.25) is 0 Å². The Morgan fingerprint density at radius 2 is 1.76 bits per heavy atom.